The Hall–Kier alpha value is -1.10. The third kappa shape index (κ3) is 2.43. The standard InChI is InChI=1S/C17H27N3O2/c21-16-14-7-4-8-19(14)17(22)15-12-18(9-10-20(15)16)11-13-5-2-1-3-6-13/h13-15H,1-12H2/t14-,15+/m0/s1. The highest BCUT2D eigenvalue weighted by atomic mass is 16.2. The van der Waals surface area contributed by atoms with E-state index < -0.39 is 0 Å². The minimum atomic E-state index is -0.209. The predicted molar refractivity (Wildman–Crippen MR) is 83.3 cm³/mol. The smallest absolute Gasteiger partial charge is 0.247 e. The van der Waals surface area contributed by atoms with Crippen molar-refractivity contribution < 1.29 is 9.59 Å². The van der Waals surface area contributed by atoms with Crippen LogP contribution >= 0.6 is 0 Å². The molecule has 22 heavy (non-hydrogen) atoms. The predicted octanol–water partition coefficient (Wildman–Crippen LogP) is 1.08. The van der Waals surface area contributed by atoms with Crippen LogP contribution in [0.5, 0.6) is 0 Å². The molecule has 4 aliphatic rings. The Morgan fingerprint density at radius 1 is 0.773 bits per heavy atom. The lowest BCUT2D eigenvalue weighted by Crippen LogP contribution is -2.68. The molecule has 1 aliphatic carbocycles. The van der Waals surface area contributed by atoms with Crippen LogP contribution in [0.3, 0.4) is 0 Å². The number of carbonyl (C=O) groups excluding carboxylic acids is 2. The molecule has 5 nitrogen and oxygen atoms in total. The van der Waals surface area contributed by atoms with Crippen molar-refractivity contribution in [3.05, 3.63) is 0 Å². The summed E-state index contributed by atoms with van der Waals surface area (Å²) in [5, 5.41) is 0. The fourth-order valence-corrected chi connectivity index (χ4v) is 4.89. The summed E-state index contributed by atoms with van der Waals surface area (Å²) in [6.45, 7) is 4.34. The third-order valence-electron chi connectivity index (χ3n) is 6.09. The van der Waals surface area contributed by atoms with Gasteiger partial charge in [0, 0.05) is 32.7 Å². The first-order valence-corrected chi connectivity index (χ1v) is 9.07. The van der Waals surface area contributed by atoms with Gasteiger partial charge in [0.2, 0.25) is 11.8 Å². The first kappa shape index (κ1) is 14.5. The van der Waals surface area contributed by atoms with Crippen LogP contribution in [0.15, 0.2) is 0 Å². The lowest BCUT2D eigenvalue weighted by atomic mass is 9.88. The molecule has 2 atom stereocenters. The van der Waals surface area contributed by atoms with Crippen molar-refractivity contribution in [2.24, 2.45) is 5.92 Å². The van der Waals surface area contributed by atoms with Crippen LogP contribution in [0.2, 0.25) is 0 Å². The lowest BCUT2D eigenvalue weighted by molar-refractivity contribution is -0.163. The third-order valence-corrected chi connectivity index (χ3v) is 6.09. The summed E-state index contributed by atoms with van der Waals surface area (Å²) < 4.78 is 0. The SMILES string of the molecule is O=C1[C@@H]2CCCN2C(=O)[C@H]2CN(CC3CCCCC3)CCN12. The average Bonchev–Trinajstić information content (AvgIpc) is 3.04. The van der Waals surface area contributed by atoms with Gasteiger partial charge in [-0.2, -0.15) is 0 Å². The molecule has 0 N–H and O–H groups in total. The second-order valence-electron chi connectivity index (χ2n) is 7.50. The monoisotopic (exact) mass is 305 g/mol. The Morgan fingerprint density at radius 3 is 2.32 bits per heavy atom. The van der Waals surface area contributed by atoms with Gasteiger partial charge in [-0.25, -0.2) is 0 Å². The van der Waals surface area contributed by atoms with Crippen LogP contribution in [0.1, 0.15) is 44.9 Å². The molecule has 0 aromatic rings. The molecular formula is C17H27N3O2. The van der Waals surface area contributed by atoms with E-state index in [4.69, 9.17) is 0 Å². The number of amides is 2. The first-order valence-electron chi connectivity index (χ1n) is 9.07. The normalized spacial score (nSPS) is 34.0. The topological polar surface area (TPSA) is 43.9 Å². The molecule has 0 bridgehead atoms. The van der Waals surface area contributed by atoms with Gasteiger partial charge in [0.25, 0.3) is 0 Å². The van der Waals surface area contributed by atoms with E-state index in [9.17, 15) is 9.59 Å². The van der Waals surface area contributed by atoms with Crippen molar-refractivity contribution in [1.82, 2.24) is 14.7 Å². The van der Waals surface area contributed by atoms with Crippen LogP contribution in [-0.4, -0.2) is 71.3 Å². The van der Waals surface area contributed by atoms with Gasteiger partial charge in [0.15, 0.2) is 0 Å². The minimum absolute atomic E-state index is 0.145. The second-order valence-corrected chi connectivity index (χ2v) is 7.50. The number of hydrogen-bond acceptors (Lipinski definition) is 3. The highest BCUT2D eigenvalue weighted by Gasteiger charge is 2.49. The van der Waals surface area contributed by atoms with Crippen LogP contribution in [-0.2, 0) is 9.59 Å². The van der Waals surface area contributed by atoms with Gasteiger partial charge in [-0.05, 0) is 31.6 Å². The van der Waals surface area contributed by atoms with Crippen molar-refractivity contribution >= 4 is 11.8 Å². The maximum absolute atomic E-state index is 12.7. The van der Waals surface area contributed by atoms with Crippen molar-refractivity contribution in [1.29, 1.82) is 0 Å². The molecule has 0 aromatic heterocycles. The fourth-order valence-electron chi connectivity index (χ4n) is 4.89. The number of rotatable bonds is 2. The maximum Gasteiger partial charge on any atom is 0.247 e. The van der Waals surface area contributed by atoms with E-state index >= 15 is 0 Å². The molecule has 0 unspecified atom stereocenters. The summed E-state index contributed by atoms with van der Waals surface area (Å²) >= 11 is 0. The summed E-state index contributed by atoms with van der Waals surface area (Å²) in [6.07, 6.45) is 8.63. The van der Waals surface area contributed by atoms with Gasteiger partial charge in [-0.3, -0.25) is 14.5 Å². The number of hydrogen-bond donors (Lipinski definition) is 0. The summed E-state index contributed by atoms with van der Waals surface area (Å²) in [6, 6.07) is -0.354. The van der Waals surface area contributed by atoms with Crippen LogP contribution in [0, 0.1) is 5.92 Å². The number of fused-ring (bicyclic) bond motifs is 2. The maximum atomic E-state index is 12.7. The number of carbonyl (C=O) groups is 2. The van der Waals surface area contributed by atoms with E-state index in [-0.39, 0.29) is 23.9 Å². The minimum Gasteiger partial charge on any atom is -0.329 e. The summed E-state index contributed by atoms with van der Waals surface area (Å²) in [7, 11) is 0. The van der Waals surface area contributed by atoms with Gasteiger partial charge in [0.05, 0.1) is 0 Å². The summed E-state index contributed by atoms with van der Waals surface area (Å²) in [5.74, 6) is 1.21. The van der Waals surface area contributed by atoms with Crippen LogP contribution in [0.25, 0.3) is 0 Å². The van der Waals surface area contributed by atoms with E-state index in [1.165, 1.54) is 32.1 Å². The quantitative estimate of drug-likeness (QED) is 0.767. The van der Waals surface area contributed by atoms with Gasteiger partial charge in [-0.15, -0.1) is 0 Å². The van der Waals surface area contributed by atoms with Gasteiger partial charge in [-0.1, -0.05) is 19.3 Å². The van der Waals surface area contributed by atoms with Crippen molar-refractivity contribution in [3.8, 4) is 0 Å². The number of piperazine rings is 2. The zero-order valence-corrected chi connectivity index (χ0v) is 13.4. The molecule has 3 aliphatic heterocycles. The molecule has 3 saturated heterocycles. The lowest BCUT2D eigenvalue weighted by Gasteiger charge is -2.48. The van der Waals surface area contributed by atoms with E-state index in [1.807, 2.05) is 9.80 Å². The van der Waals surface area contributed by atoms with Gasteiger partial charge < -0.3 is 9.80 Å². The Morgan fingerprint density at radius 2 is 1.50 bits per heavy atom. The molecule has 0 aromatic carbocycles. The molecular weight excluding hydrogens is 278 g/mol. The number of nitrogens with zero attached hydrogens (tertiary/aromatic N) is 3. The fraction of sp³-hybridized carbons (Fsp3) is 0.882. The largest absolute Gasteiger partial charge is 0.329 e. The Kier molecular flexibility index (Phi) is 3.84. The first-order chi connectivity index (χ1) is 10.7. The van der Waals surface area contributed by atoms with E-state index in [0.29, 0.717) is 0 Å². The molecule has 0 spiro atoms. The molecule has 0 radical (unpaired) electrons. The molecule has 4 fully saturated rings. The van der Waals surface area contributed by atoms with E-state index in [1.54, 1.807) is 0 Å². The Bertz CT molecular complexity index is 461. The van der Waals surface area contributed by atoms with Gasteiger partial charge >= 0.3 is 0 Å². The van der Waals surface area contributed by atoms with Crippen molar-refractivity contribution in [3.63, 3.8) is 0 Å². The Labute approximate surface area is 132 Å². The van der Waals surface area contributed by atoms with E-state index in [0.717, 1.165) is 51.5 Å². The average molecular weight is 305 g/mol. The molecule has 1 saturated carbocycles. The summed E-state index contributed by atoms with van der Waals surface area (Å²) in [5.41, 5.74) is 0. The zero-order chi connectivity index (χ0) is 15.1. The van der Waals surface area contributed by atoms with Crippen LogP contribution < -0.4 is 0 Å². The van der Waals surface area contributed by atoms with E-state index in [2.05, 4.69) is 4.90 Å². The molecule has 4 rings (SSSR count). The highest BCUT2D eigenvalue weighted by Crippen LogP contribution is 2.30. The van der Waals surface area contributed by atoms with Crippen molar-refractivity contribution in [2.75, 3.05) is 32.7 Å². The summed E-state index contributed by atoms with van der Waals surface area (Å²) in [4.78, 5) is 31.5. The zero-order valence-electron chi connectivity index (χ0n) is 13.4. The second kappa shape index (κ2) is 5.84. The van der Waals surface area contributed by atoms with Gasteiger partial charge in [0.1, 0.15) is 12.1 Å². The molecule has 122 valence electrons. The molecule has 5 heteroatoms. The van der Waals surface area contributed by atoms with Crippen molar-refractivity contribution in [2.45, 2.75) is 57.0 Å². The highest BCUT2D eigenvalue weighted by molar-refractivity contribution is 5.97. The molecule has 3 heterocycles. The molecule has 2 amide bonds. The van der Waals surface area contributed by atoms with Crippen LogP contribution in [0.4, 0.5) is 0 Å². The Balaban J connectivity index is 1.43.